The smallest absolute Gasteiger partial charge is 0.408 e. The number of carbonyl (C=O) groups is 4. The highest BCUT2D eigenvalue weighted by Crippen LogP contribution is 2.26. The zero-order chi connectivity index (χ0) is 30.4. The van der Waals surface area contributed by atoms with Gasteiger partial charge < -0.3 is 25.0 Å². The van der Waals surface area contributed by atoms with Gasteiger partial charge in [-0.25, -0.2) is 4.79 Å². The van der Waals surface area contributed by atoms with Gasteiger partial charge in [0.15, 0.2) is 0 Å². The van der Waals surface area contributed by atoms with E-state index in [9.17, 15) is 19.2 Å². The molecule has 9 heteroatoms. The molecule has 0 aliphatic carbocycles. The molecule has 0 saturated heterocycles. The van der Waals surface area contributed by atoms with Gasteiger partial charge in [0.05, 0.1) is 13.0 Å². The molecule has 0 aliphatic heterocycles. The topological polar surface area (TPSA) is 114 Å². The van der Waals surface area contributed by atoms with Gasteiger partial charge in [0.1, 0.15) is 17.7 Å². The Balaban J connectivity index is 2.50. The third-order valence-electron chi connectivity index (χ3n) is 5.92. The van der Waals surface area contributed by atoms with Crippen molar-refractivity contribution in [2.75, 3.05) is 19.7 Å². The average Bonchev–Trinajstić information content (AvgIpc) is 2.92. The van der Waals surface area contributed by atoms with Gasteiger partial charge in [-0.3, -0.25) is 14.4 Å². The number of ether oxygens (including phenoxy) is 2. The third kappa shape index (κ3) is 10.6. The number of nitrogens with zero attached hydrogens (tertiary/aromatic N) is 1. The number of esters is 1. The van der Waals surface area contributed by atoms with Gasteiger partial charge in [0.2, 0.25) is 11.8 Å². The summed E-state index contributed by atoms with van der Waals surface area (Å²) in [5.41, 5.74) is 0.950. The fourth-order valence-corrected chi connectivity index (χ4v) is 4.24. The Labute approximate surface area is 243 Å². The van der Waals surface area contributed by atoms with Crippen LogP contribution in [0.5, 0.6) is 0 Å². The Hall–Kier alpha value is -4.32. The van der Waals surface area contributed by atoms with Crippen LogP contribution in [0.1, 0.15) is 70.2 Å². The second-order valence-corrected chi connectivity index (χ2v) is 10.4. The highest BCUT2D eigenvalue weighted by molar-refractivity contribution is 5.92. The first-order chi connectivity index (χ1) is 19.5. The molecule has 2 aromatic rings. The lowest BCUT2D eigenvalue weighted by molar-refractivity contribution is -0.144. The highest BCUT2D eigenvalue weighted by Gasteiger charge is 2.36. The fraction of sp³-hybridized carbons (Fsp3) is 0.438. The minimum absolute atomic E-state index is 0.0180. The summed E-state index contributed by atoms with van der Waals surface area (Å²) in [5.74, 6) is 1.18. The van der Waals surface area contributed by atoms with E-state index in [4.69, 9.17) is 15.9 Å². The van der Waals surface area contributed by atoms with E-state index >= 15 is 0 Å². The molecule has 0 spiro atoms. The maximum absolute atomic E-state index is 14.3. The Morgan fingerprint density at radius 1 is 1.00 bits per heavy atom. The summed E-state index contributed by atoms with van der Waals surface area (Å²) < 4.78 is 10.4. The van der Waals surface area contributed by atoms with Gasteiger partial charge in [-0.05, 0) is 51.3 Å². The number of amides is 3. The Kier molecular flexibility index (Phi) is 12.9. The normalized spacial score (nSPS) is 12.3. The first-order valence-corrected chi connectivity index (χ1v) is 13.8. The van der Waals surface area contributed by atoms with Gasteiger partial charge in [-0.15, -0.1) is 6.42 Å². The third-order valence-corrected chi connectivity index (χ3v) is 5.92. The van der Waals surface area contributed by atoms with Crippen molar-refractivity contribution in [1.82, 2.24) is 15.5 Å². The van der Waals surface area contributed by atoms with Crippen LogP contribution in [0.25, 0.3) is 0 Å². The van der Waals surface area contributed by atoms with Gasteiger partial charge in [0, 0.05) is 25.1 Å². The summed E-state index contributed by atoms with van der Waals surface area (Å²) in [4.78, 5) is 54.1. The molecule has 0 aliphatic rings. The zero-order valence-corrected chi connectivity index (χ0v) is 24.6. The Morgan fingerprint density at radius 3 is 2.27 bits per heavy atom. The molecule has 220 valence electrons. The molecule has 2 rings (SSSR count). The lowest BCUT2D eigenvalue weighted by atomic mass is 9.96. The van der Waals surface area contributed by atoms with E-state index in [1.54, 1.807) is 52.0 Å². The predicted octanol–water partition coefficient (Wildman–Crippen LogP) is 4.15. The Morgan fingerprint density at radius 2 is 1.66 bits per heavy atom. The van der Waals surface area contributed by atoms with E-state index in [0.29, 0.717) is 17.5 Å². The molecule has 0 fully saturated rings. The first-order valence-electron chi connectivity index (χ1n) is 13.8. The van der Waals surface area contributed by atoms with Crippen LogP contribution >= 0.6 is 0 Å². The molecule has 0 heterocycles. The molecule has 0 bridgehead atoms. The number of terminal acetylenes is 1. The number of rotatable bonds is 13. The minimum Gasteiger partial charge on any atom is -0.466 e. The number of carbonyl (C=O) groups excluding carboxylic acids is 4. The van der Waals surface area contributed by atoms with E-state index in [2.05, 4.69) is 16.6 Å². The van der Waals surface area contributed by atoms with E-state index in [1.807, 2.05) is 37.3 Å². The van der Waals surface area contributed by atoms with Crippen LogP contribution in [0.4, 0.5) is 4.79 Å². The fourth-order valence-electron chi connectivity index (χ4n) is 4.24. The van der Waals surface area contributed by atoms with Crippen LogP contribution in [0.2, 0.25) is 0 Å². The summed E-state index contributed by atoms with van der Waals surface area (Å²) in [6.45, 7) is 9.24. The van der Waals surface area contributed by atoms with Crippen LogP contribution in [-0.4, -0.2) is 60.1 Å². The number of hydrogen-bond donors (Lipinski definition) is 2. The lowest BCUT2D eigenvalue weighted by Crippen LogP contribution is -2.54. The molecule has 41 heavy (non-hydrogen) atoms. The largest absolute Gasteiger partial charge is 0.466 e. The number of hydrogen-bond acceptors (Lipinski definition) is 6. The van der Waals surface area contributed by atoms with Crippen LogP contribution < -0.4 is 10.6 Å². The number of alkyl carbamates (subject to hydrolysis) is 1. The van der Waals surface area contributed by atoms with Gasteiger partial charge >= 0.3 is 12.1 Å². The monoisotopic (exact) mass is 563 g/mol. The van der Waals surface area contributed by atoms with Gasteiger partial charge in [0.25, 0.3) is 0 Å². The molecule has 0 aromatic heterocycles. The minimum atomic E-state index is -1.12. The van der Waals surface area contributed by atoms with Crippen LogP contribution in [0.15, 0.2) is 54.6 Å². The Bertz CT molecular complexity index is 1220. The average molecular weight is 564 g/mol. The van der Waals surface area contributed by atoms with Crippen molar-refractivity contribution < 1.29 is 28.7 Å². The van der Waals surface area contributed by atoms with Crippen LogP contribution in [0.3, 0.4) is 0 Å². The van der Waals surface area contributed by atoms with Crippen molar-refractivity contribution >= 4 is 23.9 Å². The second kappa shape index (κ2) is 16.1. The molecule has 0 radical (unpaired) electrons. The lowest BCUT2D eigenvalue weighted by Gasteiger charge is -2.35. The quantitative estimate of drug-likeness (QED) is 0.280. The molecule has 2 unspecified atom stereocenters. The summed E-state index contributed by atoms with van der Waals surface area (Å²) in [7, 11) is 0. The van der Waals surface area contributed by atoms with Crippen LogP contribution in [-0.2, 0) is 30.3 Å². The molecule has 9 nitrogen and oxygen atoms in total. The first kappa shape index (κ1) is 32.9. The van der Waals surface area contributed by atoms with Crippen molar-refractivity contribution in [3.63, 3.8) is 0 Å². The maximum Gasteiger partial charge on any atom is 0.408 e. The summed E-state index contributed by atoms with van der Waals surface area (Å²) >= 11 is 0. The molecular formula is C32H41N3O6. The van der Waals surface area contributed by atoms with E-state index in [1.165, 1.54) is 4.90 Å². The molecule has 3 amide bonds. The molecule has 0 saturated carbocycles. The summed E-state index contributed by atoms with van der Waals surface area (Å²) in [6.07, 6.45) is 5.71. The van der Waals surface area contributed by atoms with Crippen molar-refractivity contribution in [3.05, 3.63) is 71.3 Å². The standard InChI is InChI=1S/C32H41N3O6/c1-7-21-35(30(38)26(22-23-15-11-10-12-16-23)34-31(39)41-32(4,5)6)28(25-18-14-13-17-24(25)8-2)29(37)33-20-19-27(36)40-9-3/h2,10-18,26,28H,7,9,19-22H2,1,3-6H3,(H,33,37)(H,34,39). The van der Waals surface area contributed by atoms with Crippen molar-refractivity contribution in [2.24, 2.45) is 0 Å². The molecule has 2 N–H and O–H groups in total. The van der Waals surface area contributed by atoms with Crippen LogP contribution in [0, 0.1) is 12.3 Å². The molecule has 2 aromatic carbocycles. The molecular weight excluding hydrogens is 522 g/mol. The van der Waals surface area contributed by atoms with Crippen molar-refractivity contribution in [1.29, 1.82) is 0 Å². The van der Waals surface area contributed by atoms with E-state index < -0.39 is 41.6 Å². The second-order valence-electron chi connectivity index (χ2n) is 10.4. The maximum atomic E-state index is 14.3. The zero-order valence-electron chi connectivity index (χ0n) is 24.6. The predicted molar refractivity (Wildman–Crippen MR) is 157 cm³/mol. The van der Waals surface area contributed by atoms with Crippen molar-refractivity contribution in [3.8, 4) is 12.3 Å². The molecule has 2 atom stereocenters. The van der Waals surface area contributed by atoms with Gasteiger partial charge in [-0.2, -0.15) is 0 Å². The number of nitrogens with one attached hydrogen (secondary N) is 2. The SMILES string of the molecule is C#Cc1ccccc1C(C(=O)NCCC(=O)OCC)N(CCC)C(=O)C(Cc1ccccc1)NC(=O)OC(C)(C)C. The van der Waals surface area contributed by atoms with E-state index in [0.717, 1.165) is 5.56 Å². The number of benzene rings is 2. The van der Waals surface area contributed by atoms with Gasteiger partial charge in [-0.1, -0.05) is 61.4 Å². The summed E-state index contributed by atoms with van der Waals surface area (Å²) in [5, 5.41) is 5.48. The summed E-state index contributed by atoms with van der Waals surface area (Å²) in [6, 6.07) is 14.0. The highest BCUT2D eigenvalue weighted by atomic mass is 16.6. The van der Waals surface area contributed by atoms with E-state index in [-0.39, 0.29) is 32.5 Å². The van der Waals surface area contributed by atoms with Crippen molar-refractivity contribution in [2.45, 2.75) is 71.6 Å².